The average Bonchev–Trinajstić information content (AvgIpc) is 3.00. The Hall–Kier alpha value is -1.64. The van der Waals surface area contributed by atoms with Gasteiger partial charge in [-0.2, -0.15) is 0 Å². The number of carbonyl (C=O) groups excluding carboxylic acids is 2. The fourth-order valence-corrected chi connectivity index (χ4v) is 5.14. The van der Waals surface area contributed by atoms with Crippen LogP contribution in [0.4, 0.5) is 5.00 Å². The maximum atomic E-state index is 12.9. The van der Waals surface area contributed by atoms with Crippen LogP contribution in [0.25, 0.3) is 0 Å². The number of rotatable bonds is 6. The second kappa shape index (κ2) is 9.24. The molecule has 28 heavy (non-hydrogen) atoms. The van der Waals surface area contributed by atoms with Crippen LogP contribution in [0.1, 0.15) is 64.9 Å². The predicted octanol–water partition coefficient (Wildman–Crippen LogP) is 5.00. The standard InChI is InChI=1S/C19H22ClN3O3S2/c1-4-26-18(25)14-11-7-5-6-8-13(11)28-17(14)23-16(24)15-12(20)9-21-19(22-15)27-10(2)3/h9-10H,4-8H2,1-3H3,(H,23,24). The first kappa shape index (κ1) is 21.1. The van der Waals surface area contributed by atoms with Crippen molar-refractivity contribution < 1.29 is 14.3 Å². The second-order valence-electron chi connectivity index (χ2n) is 6.61. The van der Waals surface area contributed by atoms with Gasteiger partial charge in [-0.1, -0.05) is 37.2 Å². The predicted molar refractivity (Wildman–Crippen MR) is 113 cm³/mol. The van der Waals surface area contributed by atoms with Crippen molar-refractivity contribution in [2.24, 2.45) is 0 Å². The van der Waals surface area contributed by atoms with E-state index in [4.69, 9.17) is 16.3 Å². The summed E-state index contributed by atoms with van der Waals surface area (Å²) in [7, 11) is 0. The maximum Gasteiger partial charge on any atom is 0.341 e. The van der Waals surface area contributed by atoms with Gasteiger partial charge in [0.25, 0.3) is 5.91 Å². The van der Waals surface area contributed by atoms with E-state index >= 15 is 0 Å². The first-order chi connectivity index (χ1) is 13.4. The largest absolute Gasteiger partial charge is 0.462 e. The van der Waals surface area contributed by atoms with E-state index in [0.717, 1.165) is 36.1 Å². The molecule has 1 N–H and O–H groups in total. The number of anilines is 1. The molecule has 0 aromatic carbocycles. The highest BCUT2D eigenvalue weighted by atomic mass is 35.5. The smallest absolute Gasteiger partial charge is 0.341 e. The molecule has 0 bridgehead atoms. The molecule has 1 amide bonds. The van der Waals surface area contributed by atoms with Crippen molar-refractivity contribution in [3.05, 3.63) is 32.9 Å². The van der Waals surface area contributed by atoms with E-state index < -0.39 is 11.9 Å². The molecular formula is C19H22ClN3O3S2. The Morgan fingerprint density at radius 2 is 2.11 bits per heavy atom. The lowest BCUT2D eigenvalue weighted by Gasteiger charge is -2.12. The van der Waals surface area contributed by atoms with E-state index in [1.807, 2.05) is 13.8 Å². The third-order valence-electron chi connectivity index (χ3n) is 4.16. The lowest BCUT2D eigenvalue weighted by Crippen LogP contribution is -2.17. The fourth-order valence-electron chi connectivity index (χ4n) is 3.01. The summed E-state index contributed by atoms with van der Waals surface area (Å²) < 4.78 is 5.23. The van der Waals surface area contributed by atoms with Crippen LogP contribution in [-0.4, -0.2) is 33.7 Å². The second-order valence-corrected chi connectivity index (χ2v) is 9.66. The molecule has 0 fully saturated rings. The summed E-state index contributed by atoms with van der Waals surface area (Å²) in [6.45, 7) is 6.09. The number of thioether (sulfide) groups is 1. The molecule has 2 aromatic rings. The van der Waals surface area contributed by atoms with E-state index in [1.165, 1.54) is 29.3 Å². The van der Waals surface area contributed by atoms with Crippen LogP contribution in [0.3, 0.4) is 0 Å². The summed E-state index contributed by atoms with van der Waals surface area (Å²) >= 11 is 9.05. The van der Waals surface area contributed by atoms with Gasteiger partial charge in [0.2, 0.25) is 0 Å². The van der Waals surface area contributed by atoms with E-state index in [-0.39, 0.29) is 22.6 Å². The van der Waals surface area contributed by atoms with E-state index in [2.05, 4.69) is 15.3 Å². The van der Waals surface area contributed by atoms with Crippen molar-refractivity contribution in [1.29, 1.82) is 0 Å². The highest BCUT2D eigenvalue weighted by Gasteiger charge is 2.28. The molecule has 0 aliphatic heterocycles. The molecule has 150 valence electrons. The molecule has 0 saturated carbocycles. The quantitative estimate of drug-likeness (QED) is 0.387. The summed E-state index contributed by atoms with van der Waals surface area (Å²) in [5, 5.41) is 4.27. The van der Waals surface area contributed by atoms with Gasteiger partial charge in [0.1, 0.15) is 5.00 Å². The topological polar surface area (TPSA) is 81.2 Å². The molecule has 0 atom stereocenters. The molecule has 6 nitrogen and oxygen atoms in total. The van der Waals surface area contributed by atoms with E-state index in [0.29, 0.717) is 15.7 Å². The molecule has 0 radical (unpaired) electrons. The van der Waals surface area contributed by atoms with Crippen molar-refractivity contribution >= 4 is 51.6 Å². The maximum absolute atomic E-state index is 12.9. The number of aryl methyl sites for hydroxylation is 1. The van der Waals surface area contributed by atoms with Crippen molar-refractivity contribution in [1.82, 2.24) is 9.97 Å². The highest BCUT2D eigenvalue weighted by molar-refractivity contribution is 7.99. The summed E-state index contributed by atoms with van der Waals surface area (Å²) in [5.74, 6) is -0.857. The Labute approximate surface area is 177 Å². The monoisotopic (exact) mass is 439 g/mol. The van der Waals surface area contributed by atoms with Gasteiger partial charge in [-0.05, 0) is 38.2 Å². The number of aromatic nitrogens is 2. The number of ether oxygens (including phenoxy) is 1. The number of carbonyl (C=O) groups is 2. The van der Waals surface area contributed by atoms with Gasteiger partial charge in [0.15, 0.2) is 10.9 Å². The van der Waals surface area contributed by atoms with Crippen molar-refractivity contribution in [3.8, 4) is 0 Å². The summed E-state index contributed by atoms with van der Waals surface area (Å²) in [5.41, 5.74) is 1.56. The number of amides is 1. The van der Waals surface area contributed by atoms with Crippen LogP contribution in [-0.2, 0) is 17.6 Å². The molecule has 9 heteroatoms. The molecular weight excluding hydrogens is 418 g/mol. The first-order valence-electron chi connectivity index (χ1n) is 9.22. The zero-order valence-corrected chi connectivity index (χ0v) is 18.4. The third kappa shape index (κ3) is 4.67. The average molecular weight is 440 g/mol. The van der Waals surface area contributed by atoms with Gasteiger partial charge in [-0.3, -0.25) is 4.79 Å². The van der Waals surface area contributed by atoms with Gasteiger partial charge in [0, 0.05) is 10.1 Å². The minimum Gasteiger partial charge on any atom is -0.462 e. The zero-order chi connectivity index (χ0) is 20.3. The number of thiophene rings is 1. The Kier molecular flexibility index (Phi) is 6.95. The Morgan fingerprint density at radius 3 is 2.82 bits per heavy atom. The summed E-state index contributed by atoms with van der Waals surface area (Å²) in [6, 6.07) is 0. The number of hydrogen-bond donors (Lipinski definition) is 1. The van der Waals surface area contributed by atoms with Gasteiger partial charge in [-0.15, -0.1) is 11.3 Å². The number of esters is 1. The third-order valence-corrected chi connectivity index (χ3v) is 6.52. The van der Waals surface area contributed by atoms with Crippen molar-refractivity contribution in [2.45, 2.75) is 56.9 Å². The van der Waals surface area contributed by atoms with Crippen molar-refractivity contribution in [2.75, 3.05) is 11.9 Å². The van der Waals surface area contributed by atoms with Gasteiger partial charge in [-0.25, -0.2) is 14.8 Å². The van der Waals surface area contributed by atoms with Crippen LogP contribution in [0.2, 0.25) is 5.02 Å². The molecule has 2 heterocycles. The number of halogens is 1. The molecule has 3 rings (SSSR count). The Bertz CT molecular complexity index is 899. The van der Waals surface area contributed by atoms with Crippen LogP contribution in [0.15, 0.2) is 11.4 Å². The zero-order valence-electron chi connectivity index (χ0n) is 16.0. The molecule has 2 aromatic heterocycles. The lowest BCUT2D eigenvalue weighted by molar-refractivity contribution is 0.0526. The molecule has 1 aliphatic rings. The van der Waals surface area contributed by atoms with E-state index in [9.17, 15) is 9.59 Å². The summed E-state index contributed by atoms with van der Waals surface area (Å²) in [6.07, 6.45) is 5.26. The minimum atomic E-state index is -0.456. The number of hydrogen-bond acceptors (Lipinski definition) is 7. The van der Waals surface area contributed by atoms with Crippen LogP contribution in [0.5, 0.6) is 0 Å². The fraction of sp³-hybridized carbons (Fsp3) is 0.474. The number of nitrogens with zero attached hydrogens (tertiary/aromatic N) is 2. The first-order valence-corrected chi connectivity index (χ1v) is 11.3. The van der Waals surface area contributed by atoms with Gasteiger partial charge in [0.05, 0.1) is 23.4 Å². The van der Waals surface area contributed by atoms with Crippen LogP contribution >= 0.6 is 34.7 Å². The normalized spacial score (nSPS) is 13.3. The lowest BCUT2D eigenvalue weighted by atomic mass is 9.95. The number of nitrogens with one attached hydrogen (secondary N) is 1. The minimum absolute atomic E-state index is 0.0981. The number of fused-ring (bicyclic) bond motifs is 1. The van der Waals surface area contributed by atoms with Crippen LogP contribution < -0.4 is 5.32 Å². The Balaban J connectivity index is 1.92. The van der Waals surface area contributed by atoms with E-state index in [1.54, 1.807) is 6.92 Å². The molecule has 1 aliphatic carbocycles. The van der Waals surface area contributed by atoms with Gasteiger partial charge >= 0.3 is 5.97 Å². The SMILES string of the molecule is CCOC(=O)c1c(NC(=O)c2nc(SC(C)C)ncc2Cl)sc2c1CCCC2. The molecule has 0 spiro atoms. The molecule has 0 unspecified atom stereocenters. The molecule has 0 saturated heterocycles. The van der Waals surface area contributed by atoms with Crippen molar-refractivity contribution in [3.63, 3.8) is 0 Å². The van der Waals surface area contributed by atoms with Gasteiger partial charge < -0.3 is 10.1 Å². The van der Waals surface area contributed by atoms with Crippen LogP contribution in [0, 0.1) is 0 Å². The highest BCUT2D eigenvalue weighted by Crippen LogP contribution is 2.39. The summed E-state index contributed by atoms with van der Waals surface area (Å²) in [4.78, 5) is 35.0. The Morgan fingerprint density at radius 1 is 1.36 bits per heavy atom.